The Bertz CT molecular complexity index is 2540. The lowest BCUT2D eigenvalue weighted by Crippen LogP contribution is -2.35. The number of ketones is 1. The second-order valence-electron chi connectivity index (χ2n) is 17.1. The molecule has 2 amide bonds. The van der Waals surface area contributed by atoms with Gasteiger partial charge in [0.1, 0.15) is 53.3 Å². The quantitative estimate of drug-likeness (QED) is 0.0274. The van der Waals surface area contributed by atoms with E-state index in [0.29, 0.717) is 22.2 Å². The molecule has 69 heavy (non-hydrogen) atoms. The molecule has 0 bridgehead atoms. The lowest BCUT2D eigenvalue weighted by molar-refractivity contribution is -0.161. The maximum absolute atomic E-state index is 12.9. The number of pyridine rings is 1. The van der Waals surface area contributed by atoms with Crippen molar-refractivity contribution in [2.45, 2.75) is 108 Å². The molecule has 19 nitrogen and oxygen atoms in total. The van der Waals surface area contributed by atoms with Crippen LogP contribution in [0.4, 0.5) is 16.3 Å². The highest BCUT2D eigenvalue weighted by Crippen LogP contribution is 2.42. The third kappa shape index (κ3) is 19.2. The number of nitrogens with two attached hydrogens (primary N) is 1. The average Bonchev–Trinajstić information content (AvgIpc) is 3.76. The highest BCUT2D eigenvalue weighted by molar-refractivity contribution is 7.98. The summed E-state index contributed by atoms with van der Waals surface area (Å²) in [5.74, 6) is -1.92. The number of oxazole rings is 1. The number of thioether (sulfide) groups is 1. The van der Waals surface area contributed by atoms with Crippen LogP contribution in [0.3, 0.4) is 0 Å². The number of alkyl carbamates (subject to hydrolysis) is 1. The van der Waals surface area contributed by atoms with Crippen molar-refractivity contribution >= 4 is 70.6 Å². The highest BCUT2D eigenvalue weighted by Gasteiger charge is 2.24. The van der Waals surface area contributed by atoms with E-state index >= 15 is 0 Å². The molecule has 2 heterocycles. The molecule has 366 valence electrons. The zero-order valence-corrected chi connectivity index (χ0v) is 40.7. The first-order valence-corrected chi connectivity index (χ1v) is 23.0. The van der Waals surface area contributed by atoms with Crippen LogP contribution in [0.5, 0.6) is 5.75 Å². The molecule has 0 aliphatic carbocycles. The number of nitrogens with zero attached hydrogens (tertiary/aromatic N) is 4. The van der Waals surface area contributed by atoms with E-state index in [4.69, 9.17) is 52.0 Å². The van der Waals surface area contributed by atoms with Crippen LogP contribution in [0.2, 0.25) is 5.02 Å². The van der Waals surface area contributed by atoms with Gasteiger partial charge >= 0.3 is 24.0 Å². The van der Waals surface area contributed by atoms with Crippen molar-refractivity contribution in [3.8, 4) is 34.4 Å². The minimum atomic E-state index is -1.13. The summed E-state index contributed by atoms with van der Waals surface area (Å²) >= 11 is 7.20. The monoisotopic (exact) mass is 987 g/mol. The largest absolute Gasteiger partial charge is 0.490 e. The Labute approximate surface area is 408 Å². The summed E-state index contributed by atoms with van der Waals surface area (Å²) < 4.78 is 32.9. The first kappa shape index (κ1) is 54.4. The predicted octanol–water partition coefficient (Wildman–Crippen LogP) is 8.08. The number of nitrogens with one attached hydrogen (secondary N) is 2. The van der Waals surface area contributed by atoms with Crippen molar-refractivity contribution in [2.24, 2.45) is 0 Å². The van der Waals surface area contributed by atoms with Gasteiger partial charge in [0.25, 0.3) is 0 Å². The molecule has 1 atom stereocenters. The second kappa shape index (κ2) is 25.8. The molecule has 0 saturated heterocycles. The number of hydrogen-bond acceptors (Lipinski definition) is 17. The molecule has 0 fully saturated rings. The predicted molar refractivity (Wildman–Crippen MR) is 254 cm³/mol. The SMILES string of the molecule is [C-]#[N+]c1c(N)nc(SCc2coc(-c3ccc(Cl)cc3)n2)c(C#N)c1-c1ccc(OC[C@@H](COC(=O)CCNC(=O)CCC(=O)OC(C)(C)C)OC(=O)CCCC(=O)CNC(=O)OC(C)(C)C)cc1. The van der Waals surface area contributed by atoms with Gasteiger partial charge in [-0.25, -0.2) is 19.6 Å². The van der Waals surface area contributed by atoms with Gasteiger partial charge in [-0.15, -0.1) is 0 Å². The standard InChI is InChI=1S/C48H54ClN7O12S/c1-47(2,3)67-40(61)20-19-37(58)53-22-21-38(59)64-27-35(66-39(60)10-8-9-33(57)24-54-46(62)68-48(4,5)6)26-63-34-17-13-29(14-18-34)41-36(23-50)45(56-43(51)42(41)52-7)69-28-32-25-65-44(55-32)30-11-15-31(49)16-12-30/h11-18,25,35H,8-10,19-22,24,26-28H2,1-6H3,(H2,51,56)(H,53,58)(H,54,62)/t35-/m0/s1. The molecule has 4 N–H and O–H groups in total. The fourth-order valence-electron chi connectivity index (χ4n) is 5.94. The molecule has 4 rings (SSSR count). The van der Waals surface area contributed by atoms with Gasteiger partial charge in [0.15, 0.2) is 11.9 Å². The number of anilines is 1. The molecule has 0 radical (unpaired) electrons. The van der Waals surface area contributed by atoms with E-state index in [1.54, 1.807) is 90.1 Å². The fraction of sp³-hybridized carbons (Fsp3) is 0.417. The molecule has 4 aromatic rings. The first-order chi connectivity index (χ1) is 32.6. The van der Waals surface area contributed by atoms with Crippen LogP contribution in [0.1, 0.15) is 91.3 Å². The smallest absolute Gasteiger partial charge is 0.408 e. The first-order valence-electron chi connectivity index (χ1n) is 21.6. The van der Waals surface area contributed by atoms with Crippen molar-refractivity contribution in [1.29, 1.82) is 5.26 Å². The van der Waals surface area contributed by atoms with Gasteiger partial charge < -0.3 is 44.5 Å². The number of esters is 3. The molecule has 0 aliphatic rings. The van der Waals surface area contributed by atoms with E-state index in [0.717, 1.165) is 5.56 Å². The molecule has 21 heteroatoms. The fourth-order valence-corrected chi connectivity index (χ4v) is 6.94. The Morgan fingerprint density at radius 3 is 2.19 bits per heavy atom. The van der Waals surface area contributed by atoms with Crippen molar-refractivity contribution in [1.82, 2.24) is 20.6 Å². The minimum Gasteiger partial charge on any atom is -0.490 e. The zero-order valence-electron chi connectivity index (χ0n) is 39.1. The Hall–Kier alpha value is -7.16. The summed E-state index contributed by atoms with van der Waals surface area (Å²) in [4.78, 5) is 86.5. The van der Waals surface area contributed by atoms with Crippen LogP contribution in [-0.2, 0) is 48.7 Å². The number of nitrogen functional groups attached to an aromatic ring is 1. The van der Waals surface area contributed by atoms with Gasteiger partial charge in [0.05, 0.1) is 37.2 Å². The maximum Gasteiger partial charge on any atom is 0.408 e. The zero-order chi connectivity index (χ0) is 50.7. The van der Waals surface area contributed by atoms with Crippen LogP contribution in [0.25, 0.3) is 27.4 Å². The summed E-state index contributed by atoms with van der Waals surface area (Å²) in [6.07, 6.45) is -1.02. The van der Waals surface area contributed by atoms with Crippen LogP contribution in [0.15, 0.2) is 64.2 Å². The Morgan fingerprint density at radius 2 is 1.54 bits per heavy atom. The van der Waals surface area contributed by atoms with Gasteiger partial charge in [-0.05, 0) is 89.9 Å². The number of rotatable bonds is 23. The number of benzene rings is 2. The van der Waals surface area contributed by atoms with Gasteiger partial charge in [0.2, 0.25) is 17.5 Å². The molecule has 0 aliphatic heterocycles. The van der Waals surface area contributed by atoms with E-state index in [-0.39, 0.29) is 103 Å². The van der Waals surface area contributed by atoms with Crippen LogP contribution in [0, 0.1) is 17.9 Å². The molecule has 2 aromatic heterocycles. The number of aromatic nitrogens is 2. The highest BCUT2D eigenvalue weighted by atomic mass is 35.5. The van der Waals surface area contributed by atoms with Gasteiger partial charge in [0, 0.05) is 47.7 Å². The Morgan fingerprint density at radius 1 is 0.855 bits per heavy atom. The third-order valence-corrected chi connectivity index (χ3v) is 10.2. The maximum atomic E-state index is 12.9. The summed E-state index contributed by atoms with van der Waals surface area (Å²) in [5.41, 5.74) is 6.93. The van der Waals surface area contributed by atoms with E-state index in [9.17, 15) is 34.0 Å². The van der Waals surface area contributed by atoms with Crippen LogP contribution < -0.4 is 21.1 Å². The van der Waals surface area contributed by atoms with Crippen molar-refractivity contribution < 1.29 is 56.9 Å². The molecule has 2 aromatic carbocycles. The van der Waals surface area contributed by atoms with Crippen LogP contribution >= 0.6 is 23.4 Å². The van der Waals surface area contributed by atoms with E-state index in [1.165, 1.54) is 18.0 Å². The topological polar surface area (TPSA) is 266 Å². The minimum absolute atomic E-state index is 0.0220. The van der Waals surface area contributed by atoms with E-state index < -0.39 is 53.8 Å². The van der Waals surface area contributed by atoms with Crippen LogP contribution in [-0.4, -0.2) is 89.3 Å². The number of nitriles is 1. The number of ether oxygens (including phenoxy) is 5. The van der Waals surface area contributed by atoms with Crippen molar-refractivity contribution in [2.75, 3.05) is 32.0 Å². The second-order valence-corrected chi connectivity index (χ2v) is 18.5. The van der Waals surface area contributed by atoms with Gasteiger partial charge in [-0.1, -0.05) is 35.5 Å². The summed E-state index contributed by atoms with van der Waals surface area (Å²) in [6.45, 7) is 16.9. The van der Waals surface area contributed by atoms with E-state index in [1.807, 2.05) is 0 Å². The number of Topliss-reactive ketones (excluding diaryl/α,β-unsaturated/α-hetero) is 1. The van der Waals surface area contributed by atoms with Gasteiger partial charge in [-0.3, -0.25) is 24.0 Å². The number of carbonyl (C=O) groups excluding carboxylic acids is 6. The molecule has 0 spiro atoms. The third-order valence-electron chi connectivity index (χ3n) is 8.99. The Balaban J connectivity index is 1.40. The lowest BCUT2D eigenvalue weighted by Gasteiger charge is -2.19. The summed E-state index contributed by atoms with van der Waals surface area (Å²) in [6, 6.07) is 15.5. The molecular formula is C48H54ClN7O12S. The summed E-state index contributed by atoms with van der Waals surface area (Å²) in [7, 11) is 0. The molecular weight excluding hydrogens is 934 g/mol. The Kier molecular flexibility index (Phi) is 20.4. The number of amides is 2. The van der Waals surface area contributed by atoms with Crippen molar-refractivity contribution in [3.63, 3.8) is 0 Å². The van der Waals surface area contributed by atoms with E-state index in [2.05, 4.69) is 31.5 Å². The number of carbonyl (C=O) groups is 6. The number of halogens is 1. The average molecular weight is 989 g/mol. The van der Waals surface area contributed by atoms with Gasteiger partial charge in [-0.2, -0.15) is 5.26 Å². The lowest BCUT2D eigenvalue weighted by atomic mass is 10.00. The number of hydrogen-bond donors (Lipinski definition) is 3. The molecule has 0 unspecified atom stereocenters. The molecule has 0 saturated carbocycles. The van der Waals surface area contributed by atoms with Crippen molar-refractivity contribution in [3.05, 3.63) is 82.5 Å². The summed E-state index contributed by atoms with van der Waals surface area (Å²) in [5, 5.41) is 16.1. The normalized spacial score (nSPS) is 11.6.